The topological polar surface area (TPSA) is 69.6 Å². The smallest absolute Gasteiger partial charge is 0.323 e. The highest BCUT2D eigenvalue weighted by Gasteiger charge is 2.14. The Bertz CT molecular complexity index is 245. The van der Waals surface area contributed by atoms with Crippen molar-refractivity contribution in [3.8, 4) is 12.3 Å². The standard InChI is InChI=1S/C9H14N2O3/c1-3-5-11(7-9(13)14)8(12)6-10-4-2/h1,10H,4-7H2,2H3,(H,13,14). The molecule has 5 heteroatoms. The summed E-state index contributed by atoms with van der Waals surface area (Å²) in [7, 11) is 0. The third-order valence-corrected chi connectivity index (χ3v) is 1.49. The highest BCUT2D eigenvalue weighted by molar-refractivity contribution is 5.82. The van der Waals surface area contributed by atoms with Crippen molar-refractivity contribution in [1.82, 2.24) is 10.2 Å². The lowest BCUT2D eigenvalue weighted by atomic mass is 10.4. The average molecular weight is 198 g/mol. The van der Waals surface area contributed by atoms with Crippen LogP contribution < -0.4 is 5.32 Å². The lowest BCUT2D eigenvalue weighted by molar-refractivity contribution is -0.143. The molecule has 0 aromatic carbocycles. The number of carboxylic acids is 1. The third-order valence-electron chi connectivity index (χ3n) is 1.49. The van der Waals surface area contributed by atoms with Gasteiger partial charge in [0.1, 0.15) is 6.54 Å². The second-order valence-corrected chi connectivity index (χ2v) is 2.63. The first kappa shape index (κ1) is 12.5. The van der Waals surface area contributed by atoms with Gasteiger partial charge in [-0.15, -0.1) is 6.42 Å². The van der Waals surface area contributed by atoms with Gasteiger partial charge in [-0.05, 0) is 6.54 Å². The number of rotatable bonds is 6. The van der Waals surface area contributed by atoms with Crippen LogP contribution in [0.15, 0.2) is 0 Å². The zero-order chi connectivity index (χ0) is 11.0. The molecule has 0 aliphatic rings. The van der Waals surface area contributed by atoms with Gasteiger partial charge in [-0.25, -0.2) is 0 Å². The van der Waals surface area contributed by atoms with Crippen LogP contribution in [0.3, 0.4) is 0 Å². The molecule has 78 valence electrons. The predicted molar refractivity (Wildman–Crippen MR) is 51.6 cm³/mol. The Morgan fingerprint density at radius 1 is 1.57 bits per heavy atom. The Balaban J connectivity index is 4.12. The SMILES string of the molecule is C#CCN(CC(=O)O)C(=O)CNCC. The fourth-order valence-electron chi connectivity index (χ4n) is 0.849. The largest absolute Gasteiger partial charge is 0.480 e. The van der Waals surface area contributed by atoms with E-state index in [1.165, 1.54) is 0 Å². The third kappa shape index (κ3) is 5.17. The molecule has 14 heavy (non-hydrogen) atoms. The van der Waals surface area contributed by atoms with Gasteiger partial charge in [-0.2, -0.15) is 0 Å². The quantitative estimate of drug-likeness (QED) is 0.545. The van der Waals surface area contributed by atoms with Crippen LogP contribution in [0.2, 0.25) is 0 Å². The van der Waals surface area contributed by atoms with Crippen LogP contribution in [0.4, 0.5) is 0 Å². The van der Waals surface area contributed by atoms with Gasteiger partial charge >= 0.3 is 5.97 Å². The molecule has 0 saturated carbocycles. The van der Waals surface area contributed by atoms with Crippen molar-refractivity contribution in [3.63, 3.8) is 0 Å². The van der Waals surface area contributed by atoms with Crippen molar-refractivity contribution in [2.75, 3.05) is 26.2 Å². The minimum Gasteiger partial charge on any atom is -0.480 e. The Hall–Kier alpha value is -1.54. The number of likely N-dealkylation sites (N-methyl/N-ethyl adjacent to an activating group) is 1. The molecule has 1 amide bonds. The van der Waals surface area contributed by atoms with E-state index in [9.17, 15) is 9.59 Å². The Morgan fingerprint density at radius 2 is 2.21 bits per heavy atom. The van der Waals surface area contributed by atoms with E-state index < -0.39 is 5.97 Å². The molecule has 0 bridgehead atoms. The average Bonchev–Trinajstić information content (AvgIpc) is 2.13. The van der Waals surface area contributed by atoms with Gasteiger partial charge in [0.2, 0.25) is 5.91 Å². The fourth-order valence-corrected chi connectivity index (χ4v) is 0.849. The summed E-state index contributed by atoms with van der Waals surface area (Å²) in [6.07, 6.45) is 5.01. The van der Waals surface area contributed by atoms with Gasteiger partial charge in [0, 0.05) is 0 Å². The maximum atomic E-state index is 11.3. The van der Waals surface area contributed by atoms with E-state index in [1.54, 1.807) is 0 Å². The number of carboxylic acid groups (broad SMARTS) is 1. The second-order valence-electron chi connectivity index (χ2n) is 2.63. The Kier molecular flexibility index (Phi) is 6.16. The van der Waals surface area contributed by atoms with Crippen molar-refractivity contribution < 1.29 is 14.7 Å². The van der Waals surface area contributed by atoms with Crippen molar-refractivity contribution in [2.45, 2.75) is 6.92 Å². The predicted octanol–water partition coefficient (Wildman–Crippen LogP) is -0.858. The summed E-state index contributed by atoms with van der Waals surface area (Å²) in [4.78, 5) is 22.8. The highest BCUT2D eigenvalue weighted by Crippen LogP contribution is 1.88. The van der Waals surface area contributed by atoms with Crippen LogP contribution in [0.1, 0.15) is 6.92 Å². The fraction of sp³-hybridized carbons (Fsp3) is 0.556. The first-order chi connectivity index (χ1) is 6.61. The van der Waals surface area contributed by atoms with Gasteiger partial charge in [-0.1, -0.05) is 12.8 Å². The van der Waals surface area contributed by atoms with Crippen LogP contribution in [0.25, 0.3) is 0 Å². The van der Waals surface area contributed by atoms with Crippen molar-refractivity contribution in [3.05, 3.63) is 0 Å². The van der Waals surface area contributed by atoms with E-state index in [1.807, 2.05) is 6.92 Å². The van der Waals surface area contributed by atoms with E-state index in [2.05, 4.69) is 11.2 Å². The molecule has 0 fully saturated rings. The lowest BCUT2D eigenvalue weighted by Crippen LogP contribution is -2.41. The van der Waals surface area contributed by atoms with Gasteiger partial charge < -0.3 is 15.3 Å². The molecule has 0 atom stereocenters. The Morgan fingerprint density at radius 3 is 2.64 bits per heavy atom. The van der Waals surface area contributed by atoms with Crippen molar-refractivity contribution in [1.29, 1.82) is 0 Å². The molecular formula is C9H14N2O3. The van der Waals surface area contributed by atoms with Crippen LogP contribution in [0, 0.1) is 12.3 Å². The van der Waals surface area contributed by atoms with E-state index in [4.69, 9.17) is 11.5 Å². The summed E-state index contributed by atoms with van der Waals surface area (Å²) in [5, 5.41) is 11.3. The number of amides is 1. The van der Waals surface area contributed by atoms with Crippen LogP contribution in [-0.2, 0) is 9.59 Å². The number of hydrogen-bond donors (Lipinski definition) is 2. The first-order valence-corrected chi connectivity index (χ1v) is 4.25. The molecule has 0 rings (SSSR count). The van der Waals surface area contributed by atoms with Crippen molar-refractivity contribution >= 4 is 11.9 Å². The first-order valence-electron chi connectivity index (χ1n) is 4.25. The maximum Gasteiger partial charge on any atom is 0.323 e. The summed E-state index contributed by atoms with van der Waals surface area (Å²) in [5.74, 6) is 0.881. The monoisotopic (exact) mass is 198 g/mol. The van der Waals surface area contributed by atoms with Gasteiger partial charge in [0.15, 0.2) is 0 Å². The summed E-state index contributed by atoms with van der Waals surface area (Å²) in [6, 6.07) is 0. The summed E-state index contributed by atoms with van der Waals surface area (Å²) in [5.41, 5.74) is 0. The summed E-state index contributed by atoms with van der Waals surface area (Å²) in [6.45, 7) is 2.30. The molecule has 0 aromatic heterocycles. The Labute approximate surface area is 83.1 Å². The molecule has 0 aliphatic carbocycles. The molecular weight excluding hydrogens is 184 g/mol. The molecule has 2 N–H and O–H groups in total. The molecule has 0 saturated heterocycles. The van der Waals surface area contributed by atoms with E-state index in [-0.39, 0.29) is 25.5 Å². The lowest BCUT2D eigenvalue weighted by Gasteiger charge is -2.17. The second kappa shape index (κ2) is 6.92. The van der Waals surface area contributed by atoms with Crippen molar-refractivity contribution in [2.24, 2.45) is 0 Å². The molecule has 0 aromatic rings. The molecule has 0 unspecified atom stereocenters. The van der Waals surface area contributed by atoms with Crippen LogP contribution in [0.5, 0.6) is 0 Å². The molecule has 0 aliphatic heterocycles. The molecule has 0 heterocycles. The number of nitrogens with one attached hydrogen (secondary N) is 1. The molecule has 0 radical (unpaired) electrons. The number of hydrogen-bond acceptors (Lipinski definition) is 3. The number of carbonyl (C=O) groups is 2. The van der Waals surface area contributed by atoms with E-state index in [0.29, 0.717) is 6.54 Å². The molecule has 0 spiro atoms. The summed E-state index contributed by atoms with van der Waals surface area (Å²) < 4.78 is 0. The normalized spacial score (nSPS) is 9.14. The minimum atomic E-state index is -1.06. The minimum absolute atomic E-state index is 0.0243. The number of aliphatic carboxylic acids is 1. The summed E-state index contributed by atoms with van der Waals surface area (Å²) >= 11 is 0. The highest BCUT2D eigenvalue weighted by atomic mass is 16.4. The number of terminal acetylenes is 1. The van der Waals surface area contributed by atoms with Gasteiger partial charge in [0.05, 0.1) is 13.1 Å². The maximum absolute atomic E-state index is 11.3. The van der Waals surface area contributed by atoms with E-state index >= 15 is 0 Å². The number of nitrogens with zero attached hydrogens (tertiary/aromatic N) is 1. The van der Waals surface area contributed by atoms with E-state index in [0.717, 1.165) is 4.90 Å². The zero-order valence-corrected chi connectivity index (χ0v) is 8.12. The van der Waals surface area contributed by atoms with Gasteiger partial charge in [0.25, 0.3) is 0 Å². The number of carbonyl (C=O) groups excluding carboxylic acids is 1. The molecule has 5 nitrogen and oxygen atoms in total. The van der Waals surface area contributed by atoms with Gasteiger partial charge in [-0.3, -0.25) is 9.59 Å². The zero-order valence-electron chi connectivity index (χ0n) is 8.12. The van der Waals surface area contributed by atoms with Crippen LogP contribution in [-0.4, -0.2) is 48.1 Å². The van der Waals surface area contributed by atoms with Crippen LogP contribution >= 0.6 is 0 Å².